The molecule has 0 bridgehead atoms. The monoisotopic (exact) mass is 717 g/mol. The van der Waals surface area contributed by atoms with Gasteiger partial charge in [-0.15, -0.1) is 0 Å². The van der Waals surface area contributed by atoms with Crippen molar-refractivity contribution < 1.29 is 27.9 Å². The van der Waals surface area contributed by atoms with Crippen LogP contribution in [0.2, 0.25) is 0 Å². The summed E-state index contributed by atoms with van der Waals surface area (Å²) in [7, 11) is -2.31. The molecule has 13 nitrogen and oxygen atoms in total. The van der Waals surface area contributed by atoms with Crippen LogP contribution in [0, 0.1) is 0 Å². The first-order valence-corrected chi connectivity index (χ1v) is 18.8. The van der Waals surface area contributed by atoms with Crippen LogP contribution in [0.15, 0.2) is 55.1 Å². The summed E-state index contributed by atoms with van der Waals surface area (Å²) in [6, 6.07) is 3.50. The number of allylic oxidation sites excluding steroid dienone is 3. The number of carboxylic acid groups (broad SMARTS) is 1. The maximum Gasteiger partial charge on any atom is 0.410 e. The number of carboxylic acids is 1. The van der Waals surface area contributed by atoms with Crippen LogP contribution in [0.1, 0.15) is 96.5 Å². The van der Waals surface area contributed by atoms with Gasteiger partial charge in [-0.1, -0.05) is 18.2 Å². The third kappa shape index (κ3) is 7.37. The van der Waals surface area contributed by atoms with Crippen molar-refractivity contribution in [3.8, 4) is 11.1 Å². The summed E-state index contributed by atoms with van der Waals surface area (Å²) in [6.45, 7) is 11.6. The average molecular weight is 718 g/mol. The third-order valence-electron chi connectivity index (χ3n) is 9.27. The van der Waals surface area contributed by atoms with Crippen LogP contribution in [-0.2, 0) is 39.7 Å². The molecule has 0 aliphatic heterocycles. The summed E-state index contributed by atoms with van der Waals surface area (Å²) in [5.41, 5.74) is 4.15. The van der Waals surface area contributed by atoms with Crippen molar-refractivity contribution in [2.45, 2.75) is 109 Å². The van der Waals surface area contributed by atoms with Crippen molar-refractivity contribution >= 4 is 38.7 Å². The van der Waals surface area contributed by atoms with E-state index in [0.29, 0.717) is 35.3 Å². The molecule has 0 spiro atoms. The van der Waals surface area contributed by atoms with Gasteiger partial charge in [-0.2, -0.15) is 10.2 Å². The van der Waals surface area contributed by atoms with Gasteiger partial charge in [-0.05, 0) is 84.9 Å². The molecule has 2 aliphatic carbocycles. The third-order valence-corrected chi connectivity index (χ3v) is 11.5. The molecule has 0 radical (unpaired) electrons. The van der Waals surface area contributed by atoms with E-state index in [4.69, 9.17) is 14.9 Å². The molecule has 6 rings (SSSR count). The number of pyridine rings is 1. The Morgan fingerprint density at radius 2 is 1.86 bits per heavy atom. The number of aromatic nitrogens is 6. The fourth-order valence-corrected chi connectivity index (χ4v) is 8.15. The smallest absolute Gasteiger partial charge is 0.410 e. The highest BCUT2D eigenvalue weighted by Gasteiger charge is 2.42. The average Bonchev–Trinajstić information content (AvgIpc) is 3.51. The van der Waals surface area contributed by atoms with Gasteiger partial charge >= 0.3 is 12.1 Å². The molecular formula is C37H47N7O6S. The number of hydrogen-bond acceptors (Lipinski definition) is 8. The molecule has 0 saturated heterocycles. The van der Waals surface area contributed by atoms with Crippen molar-refractivity contribution in [3.63, 3.8) is 0 Å². The summed E-state index contributed by atoms with van der Waals surface area (Å²) in [4.78, 5) is 30.5. The van der Waals surface area contributed by atoms with Gasteiger partial charge in [0, 0.05) is 78.8 Å². The highest BCUT2D eigenvalue weighted by Crippen LogP contribution is 2.46. The van der Waals surface area contributed by atoms with E-state index in [1.807, 2.05) is 65.2 Å². The molecule has 4 aromatic heterocycles. The zero-order chi connectivity index (χ0) is 36.9. The summed E-state index contributed by atoms with van der Waals surface area (Å²) >= 11 is 0. The molecule has 1 fully saturated rings. The van der Waals surface area contributed by atoms with Gasteiger partial charge in [0.05, 0.1) is 17.9 Å². The van der Waals surface area contributed by atoms with E-state index >= 15 is 0 Å². The standard InChI is InChI=1S/C37H47N7O6S/c1-24(2)43(35(47)50-36(3,4)5)23-31-28(20-41(7)39-31)26-11-8-16-37(6,19-26)51(48,49)44-22-29(27-12-9-17-38-34(27)44)30-21-42(18-10-13-32(45)46)40-33(30)25-14-15-25/h8-9,11-12,17,19-22,24-25H,10,13-16,18,23H2,1-7H3,(H,45,46). The molecule has 1 amide bonds. The SMILES string of the molecule is CC(C)N(Cc1nn(C)cc1C1=CC(C)(S(=O)(=O)n2cc(-c3cn(CCCC(=O)O)nc3C3CC3)c3cccnc32)CC=C1)C(=O)OC(C)(C)C. The Morgan fingerprint density at radius 3 is 2.53 bits per heavy atom. The number of aryl methyl sites for hydroxylation is 2. The topological polar surface area (TPSA) is 154 Å². The molecular weight excluding hydrogens is 671 g/mol. The maximum absolute atomic E-state index is 14.8. The predicted octanol–water partition coefficient (Wildman–Crippen LogP) is 6.50. The van der Waals surface area contributed by atoms with Crippen LogP contribution in [0.4, 0.5) is 4.79 Å². The number of carbonyl (C=O) groups is 2. The van der Waals surface area contributed by atoms with Gasteiger partial charge in [-0.25, -0.2) is 22.2 Å². The lowest BCUT2D eigenvalue weighted by Crippen LogP contribution is -2.40. The predicted molar refractivity (Wildman–Crippen MR) is 194 cm³/mol. The molecule has 4 aromatic rings. The molecule has 1 N–H and O–H groups in total. The molecule has 1 unspecified atom stereocenters. The van der Waals surface area contributed by atoms with Gasteiger partial charge in [0.25, 0.3) is 0 Å². The first-order valence-electron chi connectivity index (χ1n) is 17.4. The van der Waals surface area contributed by atoms with E-state index < -0.39 is 32.4 Å². The Labute approximate surface area is 298 Å². The highest BCUT2D eigenvalue weighted by molar-refractivity contribution is 7.91. The number of fused-ring (bicyclic) bond motifs is 1. The molecule has 0 aromatic carbocycles. The van der Waals surface area contributed by atoms with Crippen molar-refractivity contribution in [1.29, 1.82) is 0 Å². The van der Waals surface area contributed by atoms with E-state index in [1.54, 1.807) is 52.8 Å². The Balaban J connectivity index is 1.38. The Hall–Kier alpha value is -4.72. The van der Waals surface area contributed by atoms with Crippen LogP contribution in [0.5, 0.6) is 0 Å². The Bertz CT molecular complexity index is 2150. The molecule has 4 heterocycles. The van der Waals surface area contributed by atoms with Gasteiger partial charge in [0.1, 0.15) is 10.3 Å². The Kier molecular flexibility index (Phi) is 9.51. The molecule has 14 heteroatoms. The van der Waals surface area contributed by atoms with Crippen LogP contribution < -0.4 is 0 Å². The number of nitrogens with zero attached hydrogens (tertiary/aromatic N) is 7. The van der Waals surface area contributed by atoms with Crippen molar-refractivity contribution in [2.24, 2.45) is 7.05 Å². The first-order chi connectivity index (χ1) is 24.0. The second-order valence-corrected chi connectivity index (χ2v) is 17.3. The maximum atomic E-state index is 14.8. The van der Waals surface area contributed by atoms with Gasteiger partial charge in [0.15, 0.2) is 5.65 Å². The zero-order valence-corrected chi connectivity index (χ0v) is 31.1. The molecule has 272 valence electrons. The number of hydrogen-bond donors (Lipinski definition) is 1. The van der Waals surface area contributed by atoms with Crippen molar-refractivity contribution in [2.75, 3.05) is 0 Å². The number of aliphatic carboxylic acids is 1. The first kappa shape index (κ1) is 36.1. The zero-order valence-electron chi connectivity index (χ0n) is 30.3. The number of amides is 1. The lowest BCUT2D eigenvalue weighted by molar-refractivity contribution is -0.137. The minimum atomic E-state index is -4.10. The summed E-state index contributed by atoms with van der Waals surface area (Å²) < 4.78 is 38.8. The molecule has 51 heavy (non-hydrogen) atoms. The van der Waals surface area contributed by atoms with Crippen LogP contribution in [-0.4, -0.2) is 75.4 Å². The minimum absolute atomic E-state index is 0.0399. The normalized spacial score (nSPS) is 18.0. The summed E-state index contributed by atoms with van der Waals surface area (Å²) in [5.74, 6) is -0.583. The number of ether oxygens (including phenoxy) is 1. The second-order valence-electron chi connectivity index (χ2n) is 15.1. The number of rotatable bonds is 12. The van der Waals surface area contributed by atoms with Crippen LogP contribution in [0.3, 0.4) is 0 Å². The molecule has 1 atom stereocenters. The van der Waals surface area contributed by atoms with Gasteiger partial charge in [-0.3, -0.25) is 19.1 Å². The summed E-state index contributed by atoms with van der Waals surface area (Å²) in [6.07, 6.45) is 14.8. The Morgan fingerprint density at radius 1 is 1.12 bits per heavy atom. The van der Waals surface area contributed by atoms with Gasteiger partial charge in [0.2, 0.25) is 10.0 Å². The van der Waals surface area contributed by atoms with Crippen LogP contribution >= 0.6 is 0 Å². The minimum Gasteiger partial charge on any atom is -0.481 e. The fraction of sp³-hybridized carbons (Fsp3) is 0.486. The van der Waals surface area contributed by atoms with Crippen molar-refractivity contribution in [1.82, 2.24) is 33.4 Å². The van der Waals surface area contributed by atoms with E-state index in [-0.39, 0.29) is 31.3 Å². The number of carbonyl (C=O) groups excluding carboxylic acids is 1. The van der Waals surface area contributed by atoms with Crippen molar-refractivity contribution in [3.05, 3.63) is 72.1 Å². The lowest BCUT2D eigenvalue weighted by Gasteiger charge is -2.30. The quantitative estimate of drug-likeness (QED) is 0.173. The largest absolute Gasteiger partial charge is 0.481 e. The van der Waals surface area contributed by atoms with E-state index in [0.717, 1.165) is 35.2 Å². The second kappa shape index (κ2) is 13.4. The van der Waals surface area contributed by atoms with Gasteiger partial charge < -0.3 is 9.84 Å². The van der Waals surface area contributed by atoms with E-state index in [2.05, 4.69) is 10.1 Å². The lowest BCUT2D eigenvalue weighted by atomic mass is 9.93. The fourth-order valence-electron chi connectivity index (χ4n) is 6.50. The van der Waals surface area contributed by atoms with Crippen LogP contribution in [0.25, 0.3) is 27.7 Å². The molecule has 1 saturated carbocycles. The van der Waals surface area contributed by atoms with E-state index in [1.165, 1.54) is 3.97 Å². The van der Waals surface area contributed by atoms with E-state index in [9.17, 15) is 18.0 Å². The highest BCUT2D eigenvalue weighted by atomic mass is 32.2. The molecule has 2 aliphatic rings. The summed E-state index contributed by atoms with van der Waals surface area (Å²) in [5, 5.41) is 19.3.